The predicted molar refractivity (Wildman–Crippen MR) is 150 cm³/mol. The minimum Gasteiger partial charge on any atom is -0.290 e. The number of benzene rings is 1. The minimum atomic E-state index is -4.97. The minimum absolute atomic E-state index is 0.0615. The number of sulfonamides is 1. The summed E-state index contributed by atoms with van der Waals surface area (Å²) in [5.74, 6) is -1.36. The third-order valence-corrected chi connectivity index (χ3v) is 10.8. The van der Waals surface area contributed by atoms with Crippen molar-refractivity contribution in [1.82, 2.24) is 28.9 Å². The van der Waals surface area contributed by atoms with E-state index in [1.807, 2.05) is 0 Å². The van der Waals surface area contributed by atoms with Crippen LogP contribution in [0.3, 0.4) is 0 Å². The lowest BCUT2D eigenvalue weighted by molar-refractivity contribution is -0.141. The maximum atomic E-state index is 14.3. The topological polar surface area (TPSA) is 103 Å². The van der Waals surface area contributed by atoms with Gasteiger partial charge < -0.3 is 0 Å². The number of hydrogen-bond donors (Lipinski definition) is 0. The first-order valence-electron chi connectivity index (χ1n) is 13.7. The first-order valence-corrected chi connectivity index (χ1v) is 16.0. The van der Waals surface area contributed by atoms with Crippen LogP contribution in [0.2, 0.25) is 0 Å². The molecule has 1 aromatic carbocycles. The van der Waals surface area contributed by atoms with Crippen LogP contribution in [0.25, 0.3) is 11.8 Å². The smallest absolute Gasteiger partial charge is 0.290 e. The van der Waals surface area contributed by atoms with Crippen molar-refractivity contribution in [3.05, 3.63) is 81.5 Å². The van der Waals surface area contributed by atoms with E-state index in [4.69, 9.17) is 0 Å². The summed E-state index contributed by atoms with van der Waals surface area (Å²) in [6.07, 6.45) is -6.42. The summed E-state index contributed by atoms with van der Waals surface area (Å²) in [5, 5.41) is 7.69. The number of thiazole rings is 1. The summed E-state index contributed by atoms with van der Waals surface area (Å²) in [7, 11) is -3.44. The van der Waals surface area contributed by atoms with E-state index in [0.717, 1.165) is 10.7 Å². The molecule has 0 amide bonds. The average molecular weight is 689 g/mol. The number of ketones is 1. The van der Waals surface area contributed by atoms with Crippen LogP contribution in [0.15, 0.2) is 58.7 Å². The number of aromatic nitrogens is 5. The second-order valence-corrected chi connectivity index (χ2v) is 13.8. The molecule has 244 valence electrons. The van der Waals surface area contributed by atoms with Gasteiger partial charge in [0.1, 0.15) is 12.4 Å². The van der Waals surface area contributed by atoms with Gasteiger partial charge in [-0.25, -0.2) is 22.5 Å². The van der Waals surface area contributed by atoms with Gasteiger partial charge >= 0.3 is 12.4 Å². The van der Waals surface area contributed by atoms with Crippen LogP contribution in [0.1, 0.15) is 46.0 Å². The van der Waals surface area contributed by atoms with E-state index >= 15 is 0 Å². The highest BCUT2D eigenvalue weighted by atomic mass is 32.2. The lowest BCUT2D eigenvalue weighted by Gasteiger charge is -2.46. The molecule has 46 heavy (non-hydrogen) atoms. The van der Waals surface area contributed by atoms with Crippen molar-refractivity contribution in [2.24, 2.45) is 12.5 Å². The summed E-state index contributed by atoms with van der Waals surface area (Å²) < 4.78 is 126. The van der Waals surface area contributed by atoms with Gasteiger partial charge in [-0.2, -0.15) is 40.8 Å². The summed E-state index contributed by atoms with van der Waals surface area (Å²) >= 11 is 0.449. The fourth-order valence-electron chi connectivity index (χ4n) is 6.07. The molecule has 0 bridgehead atoms. The molecule has 1 fully saturated rings. The van der Waals surface area contributed by atoms with Crippen LogP contribution in [0.4, 0.5) is 30.7 Å². The zero-order valence-electron chi connectivity index (χ0n) is 23.7. The molecule has 6 rings (SSSR count). The normalized spacial score (nSPS) is 20.4. The van der Waals surface area contributed by atoms with Crippen LogP contribution in [0, 0.1) is 11.2 Å². The summed E-state index contributed by atoms with van der Waals surface area (Å²) in [6, 6.07) is 5.05. The fraction of sp³-hybridized carbons (Fsp3) is 0.357. The largest absolute Gasteiger partial charge is 0.434 e. The van der Waals surface area contributed by atoms with E-state index in [2.05, 4.69) is 15.2 Å². The molecular formula is C28H23F7N6O3S2. The van der Waals surface area contributed by atoms with E-state index in [1.54, 1.807) is 6.08 Å². The van der Waals surface area contributed by atoms with Crippen molar-refractivity contribution in [2.75, 3.05) is 6.54 Å². The zero-order valence-corrected chi connectivity index (χ0v) is 25.3. The van der Waals surface area contributed by atoms with E-state index in [1.165, 1.54) is 48.4 Å². The van der Waals surface area contributed by atoms with Gasteiger partial charge in [0.2, 0.25) is 5.78 Å². The predicted octanol–water partition coefficient (Wildman–Crippen LogP) is 5.83. The molecule has 2 aliphatic rings. The molecule has 2 aliphatic carbocycles. The van der Waals surface area contributed by atoms with Crippen molar-refractivity contribution in [1.29, 1.82) is 0 Å². The molecule has 3 heterocycles. The maximum Gasteiger partial charge on any atom is 0.434 e. The molecule has 0 aliphatic heterocycles. The van der Waals surface area contributed by atoms with E-state index in [0.29, 0.717) is 39.2 Å². The Balaban J connectivity index is 1.46. The van der Waals surface area contributed by atoms with Crippen molar-refractivity contribution in [3.8, 4) is 5.69 Å². The Morgan fingerprint density at radius 3 is 2.46 bits per heavy atom. The Morgan fingerprint density at radius 2 is 1.85 bits per heavy atom. The highest BCUT2D eigenvalue weighted by Gasteiger charge is 2.54. The van der Waals surface area contributed by atoms with Crippen molar-refractivity contribution >= 4 is 33.2 Å². The van der Waals surface area contributed by atoms with E-state index in [-0.39, 0.29) is 23.6 Å². The summed E-state index contributed by atoms with van der Waals surface area (Å²) in [5.41, 5.74) is -1.25. The van der Waals surface area contributed by atoms with Crippen LogP contribution < -0.4 is 0 Å². The van der Waals surface area contributed by atoms with Crippen LogP contribution >= 0.6 is 11.3 Å². The average Bonchev–Trinajstić information content (AvgIpc) is 3.74. The number of aryl methyl sites for hydroxylation is 1. The van der Waals surface area contributed by atoms with Gasteiger partial charge in [-0.1, -0.05) is 5.57 Å². The molecule has 0 saturated heterocycles. The number of fused-ring (bicyclic) bond motifs is 2. The molecule has 0 spiro atoms. The summed E-state index contributed by atoms with van der Waals surface area (Å²) in [4.78, 5) is 17.8. The number of rotatable bonds is 7. The number of halogens is 7. The number of alkyl halides is 6. The third kappa shape index (κ3) is 5.77. The van der Waals surface area contributed by atoms with E-state index in [9.17, 15) is 43.9 Å². The molecule has 4 aromatic rings. The van der Waals surface area contributed by atoms with Crippen LogP contribution in [0.5, 0.6) is 0 Å². The molecule has 18 heteroatoms. The number of Topliss-reactive ketones (excluding diaryl/α,β-unsaturated/α-hetero) is 1. The number of carbonyl (C=O) groups is 1. The quantitative estimate of drug-likeness (QED) is 0.179. The number of allylic oxidation sites excluding steroid dienone is 1. The van der Waals surface area contributed by atoms with E-state index < -0.39 is 74.1 Å². The standard InChI is InChI=1S/C28H23F7N6O3S2/c1-39-9-8-23(38-39)46(43,44)40(15-27(30,31)32)20-5-2-17-10-21-16(13-36-41(21)19-6-3-18(29)4-7-19)11-26(17,12-20)24(42)25-37-22(14-45-25)28(33,34)35/h3-4,6-10,13-14,20H,2,5,11-12,15H2,1H3/t20-,26-/m0/s1. The molecule has 9 nitrogen and oxygen atoms in total. The first-order chi connectivity index (χ1) is 21.5. The molecule has 0 unspecified atom stereocenters. The van der Waals surface area contributed by atoms with Crippen molar-refractivity contribution in [3.63, 3.8) is 0 Å². The molecule has 0 N–H and O–H groups in total. The van der Waals surface area contributed by atoms with Gasteiger partial charge in [-0.15, -0.1) is 11.3 Å². The Labute approximate surface area is 261 Å². The molecule has 3 aromatic heterocycles. The number of carbonyl (C=O) groups excluding carboxylic acids is 1. The lowest BCUT2D eigenvalue weighted by atomic mass is 9.61. The molecule has 0 radical (unpaired) electrons. The third-order valence-electron chi connectivity index (χ3n) is 8.13. The van der Waals surface area contributed by atoms with Crippen LogP contribution in [-0.2, 0) is 29.7 Å². The number of nitrogens with zero attached hydrogens (tertiary/aromatic N) is 6. The monoisotopic (exact) mass is 688 g/mol. The maximum absolute atomic E-state index is 14.3. The van der Waals surface area contributed by atoms with Gasteiger partial charge in [0, 0.05) is 24.7 Å². The molecule has 2 atom stereocenters. The van der Waals surface area contributed by atoms with Gasteiger partial charge in [0.25, 0.3) is 10.0 Å². The van der Waals surface area contributed by atoms with Gasteiger partial charge in [0.05, 0.1) is 23.0 Å². The molecule has 1 saturated carbocycles. The zero-order chi connectivity index (χ0) is 33.2. The van der Waals surface area contributed by atoms with Gasteiger partial charge in [-0.05, 0) is 67.7 Å². The molecular weight excluding hydrogens is 665 g/mol. The lowest BCUT2D eigenvalue weighted by Crippen LogP contribution is -2.52. The Hall–Kier alpha value is -3.90. The first kappa shape index (κ1) is 32.1. The second-order valence-electron chi connectivity index (χ2n) is 11.1. The van der Waals surface area contributed by atoms with Gasteiger partial charge in [0.15, 0.2) is 15.7 Å². The second kappa shape index (κ2) is 11.1. The van der Waals surface area contributed by atoms with Crippen molar-refractivity contribution < 1.29 is 43.9 Å². The highest BCUT2D eigenvalue weighted by Crippen LogP contribution is 2.52. The Morgan fingerprint density at radius 1 is 1.13 bits per heavy atom. The SMILES string of the molecule is Cn1ccc(S(=O)(=O)N(CC(F)(F)F)[C@H]2CCC3=Cc4c(cnn4-c4ccc(F)cc4)C[C@]3(C(=O)c3nc(C(F)(F)F)cs3)C2)n1. The Kier molecular flexibility index (Phi) is 7.75. The highest BCUT2D eigenvalue weighted by molar-refractivity contribution is 7.89. The van der Waals surface area contributed by atoms with Crippen molar-refractivity contribution in [2.45, 2.75) is 49.1 Å². The Bertz CT molecular complexity index is 1940. The van der Waals surface area contributed by atoms with Gasteiger partial charge in [-0.3, -0.25) is 9.48 Å². The fourth-order valence-corrected chi connectivity index (χ4v) is 8.53. The number of hydrogen-bond acceptors (Lipinski definition) is 7. The van der Waals surface area contributed by atoms with Crippen LogP contribution in [-0.4, -0.2) is 61.8 Å². The summed E-state index contributed by atoms with van der Waals surface area (Å²) in [6.45, 7) is -1.87.